The second-order valence-corrected chi connectivity index (χ2v) is 3.96. The molecule has 0 saturated heterocycles. The van der Waals surface area contributed by atoms with Crippen molar-refractivity contribution in [2.24, 2.45) is 0 Å². The van der Waals surface area contributed by atoms with Crippen LogP contribution in [0, 0.1) is 0 Å². The molecule has 5 nitrogen and oxygen atoms in total. The van der Waals surface area contributed by atoms with Gasteiger partial charge in [0.2, 0.25) is 0 Å². The highest BCUT2D eigenvalue weighted by Crippen LogP contribution is 2.11. The van der Waals surface area contributed by atoms with Gasteiger partial charge in [0, 0.05) is 6.42 Å². The van der Waals surface area contributed by atoms with Gasteiger partial charge >= 0.3 is 11.9 Å². The van der Waals surface area contributed by atoms with Crippen LogP contribution in [-0.2, 0) is 12.5 Å². The molecule has 0 radical (unpaired) electrons. The van der Waals surface area contributed by atoms with Gasteiger partial charge in [-0.3, -0.25) is 0 Å². The molecule has 1 aromatic rings. The van der Waals surface area contributed by atoms with E-state index in [0.29, 0.717) is 13.0 Å². The third-order valence-electron chi connectivity index (χ3n) is 2.15. The number of benzene rings is 1. The molecule has 98 valence electrons. The Morgan fingerprint density at radius 2 is 1.72 bits per heavy atom. The summed E-state index contributed by atoms with van der Waals surface area (Å²) < 4.78 is 14.5. The van der Waals surface area contributed by atoms with Crippen molar-refractivity contribution < 1.29 is 22.1 Å². The number of carbonyl (C=O) groups is 2. The summed E-state index contributed by atoms with van der Waals surface area (Å²) >= 11 is 1.77. The van der Waals surface area contributed by atoms with Crippen molar-refractivity contribution in [3.8, 4) is 0 Å². The number of hydrogen-bond acceptors (Lipinski definition) is 5. The van der Waals surface area contributed by atoms with E-state index in [4.69, 9.17) is 7.80 Å². The van der Waals surface area contributed by atoms with E-state index < -0.39 is 11.9 Å². The number of esters is 2. The van der Waals surface area contributed by atoms with Gasteiger partial charge in [-0.1, -0.05) is 12.1 Å². The van der Waals surface area contributed by atoms with Gasteiger partial charge in [-0.15, -0.1) is 0 Å². The molecule has 18 heavy (non-hydrogen) atoms. The summed E-state index contributed by atoms with van der Waals surface area (Å²) in [7, 11) is 1.27. The Hall–Kier alpha value is -1.15. The van der Waals surface area contributed by atoms with Crippen LogP contribution >= 0.6 is 23.0 Å². The minimum atomic E-state index is -0.557. The molecule has 0 atom stereocenters. The quantitative estimate of drug-likeness (QED) is 0.441. The Morgan fingerprint density at radius 1 is 1.11 bits per heavy atom. The number of halogens is 1. The van der Waals surface area contributed by atoms with Crippen LogP contribution < -0.4 is 0 Å². The molecule has 1 rings (SSSR count). The lowest BCUT2D eigenvalue weighted by Crippen LogP contribution is -2.13. The zero-order chi connectivity index (χ0) is 13.4. The second-order valence-electron chi connectivity index (χ2n) is 3.34. The lowest BCUT2D eigenvalue weighted by Gasteiger charge is -2.07. The van der Waals surface area contributed by atoms with Crippen LogP contribution in [0.4, 0.5) is 0 Å². The average molecular weight is 364 g/mol. The van der Waals surface area contributed by atoms with Gasteiger partial charge in [-0.05, 0) is 12.1 Å². The van der Waals surface area contributed by atoms with Gasteiger partial charge < -0.3 is 12.5 Å². The van der Waals surface area contributed by atoms with Crippen molar-refractivity contribution in [1.82, 2.24) is 0 Å². The Morgan fingerprint density at radius 3 is 2.28 bits per heavy atom. The molecule has 0 aliphatic heterocycles. The van der Waals surface area contributed by atoms with E-state index in [-0.39, 0.29) is 17.7 Å². The van der Waals surface area contributed by atoms with E-state index in [0.717, 1.165) is 0 Å². The highest BCUT2D eigenvalue weighted by atomic mass is 127. The summed E-state index contributed by atoms with van der Waals surface area (Å²) in [6.07, 6.45) is 0.606. The molecule has 0 aliphatic carbocycles. The topological polar surface area (TPSA) is 61.8 Å². The fourth-order valence-corrected chi connectivity index (χ4v) is 1.62. The predicted octanol–water partition coefficient (Wildman–Crippen LogP) is 2.39. The van der Waals surface area contributed by atoms with Gasteiger partial charge in [-0.2, -0.15) is 0 Å². The van der Waals surface area contributed by atoms with Crippen LogP contribution in [-0.4, -0.2) is 32.3 Å². The number of methoxy groups -OCH3 is 1. The highest BCUT2D eigenvalue weighted by molar-refractivity contribution is 14.1. The summed E-state index contributed by atoms with van der Waals surface area (Å²) in [5, 5.41) is 0. The lowest BCUT2D eigenvalue weighted by molar-refractivity contribution is 0.0474. The molecule has 0 saturated carbocycles. The van der Waals surface area contributed by atoms with Gasteiger partial charge in [-0.25, -0.2) is 9.59 Å². The molecule has 6 heteroatoms. The zero-order valence-corrected chi connectivity index (χ0v) is 12.0. The summed E-state index contributed by atoms with van der Waals surface area (Å²) in [6.45, 7) is 0.754. The normalized spacial score (nSPS) is 9.89. The Labute approximate surface area is 119 Å². The monoisotopic (exact) mass is 364 g/mol. The fourth-order valence-electron chi connectivity index (χ4n) is 1.31. The van der Waals surface area contributed by atoms with Crippen molar-refractivity contribution in [3.05, 3.63) is 35.4 Å². The Balaban J connectivity index is 2.70. The summed E-state index contributed by atoms with van der Waals surface area (Å²) in [4.78, 5) is 23.2. The number of carbonyl (C=O) groups excluding carboxylic acids is 2. The maximum absolute atomic E-state index is 11.8. The zero-order valence-electron chi connectivity index (χ0n) is 9.85. The van der Waals surface area contributed by atoms with Gasteiger partial charge in [0.05, 0.1) is 31.5 Å². The lowest BCUT2D eigenvalue weighted by atomic mass is 10.1. The first-order chi connectivity index (χ1) is 8.70. The second kappa shape index (κ2) is 8.04. The smallest absolute Gasteiger partial charge is 0.339 e. The van der Waals surface area contributed by atoms with Crippen LogP contribution in [0.1, 0.15) is 27.1 Å². The van der Waals surface area contributed by atoms with Crippen molar-refractivity contribution in [2.45, 2.75) is 6.42 Å². The van der Waals surface area contributed by atoms with E-state index >= 15 is 0 Å². The van der Waals surface area contributed by atoms with Gasteiger partial charge in [0.1, 0.15) is 23.0 Å². The molecular formula is C12H13IO5. The minimum absolute atomic E-state index is 0.204. The molecule has 0 aromatic heterocycles. The number of rotatable bonds is 6. The fraction of sp³-hybridized carbons (Fsp3) is 0.333. The number of ether oxygens (including phenoxy) is 2. The minimum Gasteiger partial charge on any atom is -0.465 e. The largest absolute Gasteiger partial charge is 0.465 e. The third kappa shape index (κ3) is 4.26. The molecule has 0 aliphatic rings. The summed E-state index contributed by atoms with van der Waals surface area (Å²) in [5.41, 5.74) is 0.412. The van der Waals surface area contributed by atoms with Crippen molar-refractivity contribution in [1.29, 1.82) is 0 Å². The maximum atomic E-state index is 11.8. The first-order valence-electron chi connectivity index (χ1n) is 5.28. The third-order valence-corrected chi connectivity index (χ3v) is 2.59. The summed E-state index contributed by atoms with van der Waals surface area (Å²) in [5.74, 6) is -1.09. The van der Waals surface area contributed by atoms with Crippen molar-refractivity contribution >= 4 is 34.9 Å². The molecule has 0 spiro atoms. The molecule has 0 heterocycles. The van der Waals surface area contributed by atoms with E-state index in [9.17, 15) is 9.59 Å². The Bertz CT molecular complexity index is 419. The average Bonchev–Trinajstić information content (AvgIpc) is 2.42. The molecule has 0 unspecified atom stereocenters. The predicted molar refractivity (Wildman–Crippen MR) is 72.7 cm³/mol. The number of hydrogen-bond donors (Lipinski definition) is 0. The molecule has 0 fully saturated rings. The van der Waals surface area contributed by atoms with Gasteiger partial charge in [0.15, 0.2) is 0 Å². The molecule has 0 amide bonds. The standard InChI is InChI=1S/C12H13IO5/c1-16-11(14)9-5-2-3-6-10(9)12(15)17-7-4-8-18-13/h2-3,5-6H,4,7-8H2,1H3. The molecule has 0 bridgehead atoms. The van der Waals surface area contributed by atoms with Crippen LogP contribution in [0.3, 0.4) is 0 Å². The molecule has 0 N–H and O–H groups in total. The van der Waals surface area contributed by atoms with Crippen molar-refractivity contribution in [3.63, 3.8) is 0 Å². The van der Waals surface area contributed by atoms with E-state index in [1.165, 1.54) is 19.2 Å². The molecule has 1 aromatic carbocycles. The van der Waals surface area contributed by atoms with E-state index in [2.05, 4.69) is 4.74 Å². The highest BCUT2D eigenvalue weighted by Gasteiger charge is 2.17. The van der Waals surface area contributed by atoms with Crippen LogP contribution in [0.5, 0.6) is 0 Å². The van der Waals surface area contributed by atoms with E-state index in [1.54, 1.807) is 35.1 Å². The Kier molecular flexibility index (Phi) is 6.66. The van der Waals surface area contributed by atoms with Crippen LogP contribution in [0.15, 0.2) is 24.3 Å². The summed E-state index contributed by atoms with van der Waals surface area (Å²) in [6, 6.07) is 6.38. The van der Waals surface area contributed by atoms with Crippen LogP contribution in [0.2, 0.25) is 0 Å². The van der Waals surface area contributed by atoms with Gasteiger partial charge in [0.25, 0.3) is 0 Å². The SMILES string of the molecule is COC(=O)c1ccccc1C(=O)OCCCOI. The maximum Gasteiger partial charge on any atom is 0.339 e. The van der Waals surface area contributed by atoms with E-state index in [1.807, 2.05) is 0 Å². The molecular weight excluding hydrogens is 351 g/mol. The first kappa shape index (κ1) is 14.9. The van der Waals surface area contributed by atoms with Crippen molar-refractivity contribution in [2.75, 3.05) is 20.3 Å². The van der Waals surface area contributed by atoms with Crippen LogP contribution in [0.25, 0.3) is 0 Å². The first-order valence-corrected chi connectivity index (χ1v) is 6.16.